The number of ether oxygens (including phenoxy) is 1. The molecule has 0 aliphatic carbocycles. The van der Waals surface area contributed by atoms with Crippen LogP contribution in [-0.2, 0) is 24.4 Å². The van der Waals surface area contributed by atoms with Gasteiger partial charge in [0, 0.05) is 12.1 Å². The molecule has 0 radical (unpaired) electrons. The van der Waals surface area contributed by atoms with Gasteiger partial charge < -0.3 is 4.74 Å². The summed E-state index contributed by atoms with van der Waals surface area (Å²) >= 11 is 0. The number of aldehydes is 1. The van der Waals surface area contributed by atoms with E-state index in [1.54, 1.807) is 9.58 Å². The molecule has 1 aliphatic heterocycles. The van der Waals surface area contributed by atoms with E-state index in [0.29, 0.717) is 25.3 Å². The molecule has 6 nitrogen and oxygen atoms in total. The van der Waals surface area contributed by atoms with Gasteiger partial charge in [0.25, 0.3) is 0 Å². The van der Waals surface area contributed by atoms with Crippen LogP contribution in [0.4, 0.5) is 4.79 Å². The Kier molecular flexibility index (Phi) is 3.34. The minimum Gasteiger partial charge on any atom is -0.444 e. The summed E-state index contributed by atoms with van der Waals surface area (Å²) in [4.78, 5) is 24.6. The fraction of sp³-hybridized carbons (Fsp3) is 0.615. The molecule has 19 heavy (non-hydrogen) atoms. The number of carbonyl (C=O) groups is 2. The molecule has 2 rings (SSSR count). The Labute approximate surface area is 112 Å². The molecule has 6 heteroatoms. The van der Waals surface area contributed by atoms with E-state index in [0.717, 1.165) is 17.5 Å². The van der Waals surface area contributed by atoms with E-state index in [-0.39, 0.29) is 6.09 Å². The molecular weight excluding hydrogens is 246 g/mol. The third kappa shape index (κ3) is 2.62. The molecule has 0 N–H and O–H groups in total. The minimum absolute atomic E-state index is 0.358. The first-order valence-corrected chi connectivity index (χ1v) is 6.37. The van der Waals surface area contributed by atoms with Gasteiger partial charge in [0.1, 0.15) is 11.3 Å². The van der Waals surface area contributed by atoms with E-state index < -0.39 is 5.60 Å². The van der Waals surface area contributed by atoms with E-state index >= 15 is 0 Å². The molecule has 0 spiro atoms. The third-order valence-electron chi connectivity index (χ3n) is 2.95. The lowest BCUT2D eigenvalue weighted by molar-refractivity contribution is 0.0237. The summed E-state index contributed by atoms with van der Waals surface area (Å²) in [7, 11) is 0. The molecule has 104 valence electrons. The van der Waals surface area contributed by atoms with E-state index in [9.17, 15) is 9.59 Å². The zero-order valence-electron chi connectivity index (χ0n) is 11.8. The zero-order valence-corrected chi connectivity index (χ0v) is 11.8. The summed E-state index contributed by atoms with van der Waals surface area (Å²) < 4.78 is 7.11. The van der Waals surface area contributed by atoms with Crippen LogP contribution in [0.5, 0.6) is 0 Å². The highest BCUT2D eigenvalue weighted by Crippen LogP contribution is 2.26. The predicted octanol–water partition coefficient (Wildman–Crippen LogP) is 1.97. The van der Waals surface area contributed by atoms with Gasteiger partial charge in [-0.15, -0.1) is 0 Å². The molecule has 1 aliphatic rings. The Bertz CT molecular complexity index is 514. The van der Waals surface area contributed by atoms with Crippen molar-refractivity contribution in [2.75, 3.05) is 0 Å². The standard InChI is InChI=1S/C13H19N3O3/c1-5-16-11-7-15(12(18)19-13(2,3)4)6-9(11)10(8-17)14-16/h8H,5-7H2,1-4H3. The van der Waals surface area contributed by atoms with Crippen LogP contribution in [0.1, 0.15) is 49.4 Å². The topological polar surface area (TPSA) is 64.4 Å². The monoisotopic (exact) mass is 265 g/mol. The second kappa shape index (κ2) is 4.68. The molecule has 0 atom stereocenters. The number of hydrogen-bond donors (Lipinski definition) is 0. The van der Waals surface area contributed by atoms with Gasteiger partial charge >= 0.3 is 6.09 Å². The van der Waals surface area contributed by atoms with Crippen molar-refractivity contribution in [3.05, 3.63) is 17.0 Å². The molecule has 0 aromatic carbocycles. The van der Waals surface area contributed by atoms with E-state index in [4.69, 9.17) is 4.74 Å². The SMILES string of the molecule is CCn1nc(C=O)c2c1CN(C(=O)OC(C)(C)C)C2. The molecule has 2 heterocycles. The van der Waals surface area contributed by atoms with Gasteiger partial charge in [0.05, 0.1) is 18.8 Å². The first kappa shape index (κ1) is 13.6. The lowest BCUT2D eigenvalue weighted by atomic mass is 10.2. The van der Waals surface area contributed by atoms with Crippen LogP contribution in [0.15, 0.2) is 0 Å². The number of nitrogens with zero attached hydrogens (tertiary/aromatic N) is 3. The van der Waals surface area contributed by atoms with E-state index in [1.165, 1.54) is 0 Å². The fourth-order valence-corrected chi connectivity index (χ4v) is 2.14. The lowest BCUT2D eigenvalue weighted by Crippen LogP contribution is -2.33. The molecule has 0 fully saturated rings. The molecule has 0 bridgehead atoms. The number of aryl methyl sites for hydroxylation is 1. The zero-order chi connectivity index (χ0) is 14.2. The van der Waals surface area contributed by atoms with Gasteiger partial charge in [-0.1, -0.05) is 0 Å². The molecule has 0 unspecified atom stereocenters. The number of amides is 1. The van der Waals surface area contributed by atoms with Crippen molar-refractivity contribution in [3.63, 3.8) is 0 Å². The quantitative estimate of drug-likeness (QED) is 0.767. The number of rotatable bonds is 2. The summed E-state index contributed by atoms with van der Waals surface area (Å²) in [6.07, 6.45) is 0.382. The Morgan fingerprint density at radius 2 is 2.11 bits per heavy atom. The van der Waals surface area contributed by atoms with E-state index in [2.05, 4.69) is 5.10 Å². The van der Waals surface area contributed by atoms with Gasteiger partial charge in [-0.2, -0.15) is 5.10 Å². The largest absolute Gasteiger partial charge is 0.444 e. The van der Waals surface area contributed by atoms with Crippen molar-refractivity contribution < 1.29 is 14.3 Å². The maximum atomic E-state index is 12.0. The highest BCUT2D eigenvalue weighted by molar-refractivity contribution is 5.76. The Hall–Kier alpha value is -1.85. The second-order valence-corrected chi connectivity index (χ2v) is 5.58. The van der Waals surface area contributed by atoms with Crippen molar-refractivity contribution in [3.8, 4) is 0 Å². The van der Waals surface area contributed by atoms with Crippen molar-refractivity contribution in [2.45, 2.75) is 52.9 Å². The van der Waals surface area contributed by atoms with Crippen molar-refractivity contribution in [1.82, 2.24) is 14.7 Å². The summed E-state index contributed by atoms with van der Waals surface area (Å²) in [5.41, 5.74) is 1.66. The molecular formula is C13H19N3O3. The van der Waals surface area contributed by atoms with Crippen LogP contribution in [0, 0.1) is 0 Å². The Balaban J connectivity index is 2.18. The van der Waals surface area contributed by atoms with Gasteiger partial charge in [0.15, 0.2) is 6.29 Å². The summed E-state index contributed by atoms with van der Waals surface area (Å²) in [5, 5.41) is 4.21. The number of aromatic nitrogens is 2. The van der Waals surface area contributed by atoms with E-state index in [1.807, 2.05) is 27.7 Å². The molecule has 0 saturated heterocycles. The first-order chi connectivity index (χ1) is 8.85. The average molecular weight is 265 g/mol. The third-order valence-corrected chi connectivity index (χ3v) is 2.95. The van der Waals surface area contributed by atoms with Crippen LogP contribution in [0.2, 0.25) is 0 Å². The van der Waals surface area contributed by atoms with Crippen LogP contribution >= 0.6 is 0 Å². The van der Waals surface area contributed by atoms with Crippen LogP contribution in [0.25, 0.3) is 0 Å². The first-order valence-electron chi connectivity index (χ1n) is 6.37. The summed E-state index contributed by atoms with van der Waals surface area (Å²) in [6, 6.07) is 0. The average Bonchev–Trinajstić information content (AvgIpc) is 2.84. The van der Waals surface area contributed by atoms with Gasteiger partial charge in [-0.3, -0.25) is 14.4 Å². The number of hydrogen-bond acceptors (Lipinski definition) is 4. The smallest absolute Gasteiger partial charge is 0.410 e. The molecule has 1 aromatic heterocycles. The number of carbonyl (C=O) groups excluding carboxylic acids is 2. The molecule has 0 saturated carbocycles. The molecule has 1 aromatic rings. The summed E-state index contributed by atoms with van der Waals surface area (Å²) in [5.74, 6) is 0. The minimum atomic E-state index is -0.518. The maximum Gasteiger partial charge on any atom is 0.410 e. The predicted molar refractivity (Wildman–Crippen MR) is 68.8 cm³/mol. The van der Waals surface area contributed by atoms with Gasteiger partial charge in [-0.25, -0.2) is 4.79 Å². The number of fused-ring (bicyclic) bond motifs is 1. The summed E-state index contributed by atoms with van der Waals surface area (Å²) in [6.45, 7) is 8.96. The highest BCUT2D eigenvalue weighted by Gasteiger charge is 2.32. The van der Waals surface area contributed by atoms with Crippen molar-refractivity contribution in [1.29, 1.82) is 0 Å². The second-order valence-electron chi connectivity index (χ2n) is 5.58. The Morgan fingerprint density at radius 3 is 2.63 bits per heavy atom. The van der Waals surface area contributed by atoms with Crippen LogP contribution < -0.4 is 0 Å². The van der Waals surface area contributed by atoms with Gasteiger partial charge in [0.2, 0.25) is 0 Å². The highest BCUT2D eigenvalue weighted by atomic mass is 16.6. The maximum absolute atomic E-state index is 12.0. The fourth-order valence-electron chi connectivity index (χ4n) is 2.14. The van der Waals surface area contributed by atoms with Crippen molar-refractivity contribution >= 4 is 12.4 Å². The normalized spacial score (nSPS) is 14.4. The van der Waals surface area contributed by atoms with Crippen LogP contribution in [0.3, 0.4) is 0 Å². The van der Waals surface area contributed by atoms with Crippen molar-refractivity contribution in [2.24, 2.45) is 0 Å². The molecule has 1 amide bonds. The lowest BCUT2D eigenvalue weighted by Gasteiger charge is -2.24. The van der Waals surface area contributed by atoms with Crippen LogP contribution in [-0.4, -0.2) is 32.7 Å². The Morgan fingerprint density at radius 1 is 1.42 bits per heavy atom. The van der Waals surface area contributed by atoms with Gasteiger partial charge in [-0.05, 0) is 27.7 Å².